The van der Waals surface area contributed by atoms with E-state index in [2.05, 4.69) is 40.1 Å². The van der Waals surface area contributed by atoms with E-state index in [1.54, 1.807) is 6.20 Å². The Kier molecular flexibility index (Phi) is 3.79. The molecule has 1 amide bonds. The van der Waals surface area contributed by atoms with Crippen LogP contribution in [0.1, 0.15) is 24.3 Å². The number of hydrogen-bond donors (Lipinski definition) is 1. The third-order valence-corrected chi connectivity index (χ3v) is 3.66. The van der Waals surface area contributed by atoms with Crippen molar-refractivity contribution in [1.29, 1.82) is 0 Å². The van der Waals surface area contributed by atoms with Gasteiger partial charge in [0.2, 0.25) is 0 Å². The van der Waals surface area contributed by atoms with Crippen molar-refractivity contribution in [3.8, 4) is 0 Å². The molecule has 2 unspecified atom stereocenters. The first-order chi connectivity index (χ1) is 8.11. The van der Waals surface area contributed by atoms with Crippen LogP contribution < -0.4 is 5.32 Å². The Morgan fingerprint density at radius 2 is 2.12 bits per heavy atom. The Bertz CT molecular complexity index is 414. The monoisotopic (exact) mass is 297 g/mol. The predicted molar refractivity (Wildman–Crippen MR) is 69.9 cm³/mol. The van der Waals surface area contributed by atoms with Crippen molar-refractivity contribution in [2.45, 2.75) is 25.9 Å². The maximum atomic E-state index is 12.4. The van der Waals surface area contributed by atoms with Crippen LogP contribution >= 0.6 is 15.9 Å². The van der Waals surface area contributed by atoms with Crippen molar-refractivity contribution in [1.82, 2.24) is 15.2 Å². The van der Waals surface area contributed by atoms with Crippen LogP contribution in [0.5, 0.6) is 0 Å². The highest BCUT2D eigenvalue weighted by atomic mass is 79.9. The van der Waals surface area contributed by atoms with E-state index in [9.17, 15) is 4.79 Å². The molecule has 2 rings (SSSR count). The van der Waals surface area contributed by atoms with Crippen molar-refractivity contribution >= 4 is 21.8 Å². The molecular weight excluding hydrogens is 282 g/mol. The SMILES string of the molecule is CC1CNCC(C)N1C(=O)c1ncccc1Br. The first-order valence-electron chi connectivity index (χ1n) is 5.75. The molecule has 0 saturated carbocycles. The number of halogens is 1. The number of aromatic nitrogens is 1. The lowest BCUT2D eigenvalue weighted by molar-refractivity contribution is 0.0537. The molecule has 17 heavy (non-hydrogen) atoms. The third kappa shape index (κ3) is 2.50. The minimum atomic E-state index is -0.000949. The molecule has 1 N–H and O–H groups in total. The first kappa shape index (κ1) is 12.5. The lowest BCUT2D eigenvalue weighted by Crippen LogP contribution is -2.57. The van der Waals surface area contributed by atoms with E-state index < -0.39 is 0 Å². The maximum Gasteiger partial charge on any atom is 0.274 e. The molecule has 0 spiro atoms. The molecular formula is C12H16BrN3O. The fourth-order valence-corrected chi connectivity index (χ4v) is 2.62. The van der Waals surface area contributed by atoms with Crippen molar-refractivity contribution < 1.29 is 4.79 Å². The molecule has 5 heteroatoms. The number of carbonyl (C=O) groups excluding carboxylic acids is 1. The van der Waals surface area contributed by atoms with Gasteiger partial charge in [-0.15, -0.1) is 0 Å². The van der Waals surface area contributed by atoms with Crippen LogP contribution in [0.3, 0.4) is 0 Å². The van der Waals surface area contributed by atoms with Gasteiger partial charge in [-0.25, -0.2) is 4.98 Å². The quantitative estimate of drug-likeness (QED) is 0.858. The van der Waals surface area contributed by atoms with Crippen LogP contribution in [0.2, 0.25) is 0 Å². The fraction of sp³-hybridized carbons (Fsp3) is 0.500. The Balaban J connectivity index is 2.27. The van der Waals surface area contributed by atoms with Gasteiger partial charge in [-0.1, -0.05) is 0 Å². The molecule has 1 fully saturated rings. The Morgan fingerprint density at radius 1 is 1.47 bits per heavy atom. The summed E-state index contributed by atoms with van der Waals surface area (Å²) in [6, 6.07) is 4.05. The summed E-state index contributed by atoms with van der Waals surface area (Å²) in [4.78, 5) is 18.5. The lowest BCUT2D eigenvalue weighted by atomic mass is 10.1. The Morgan fingerprint density at radius 3 is 2.71 bits per heavy atom. The van der Waals surface area contributed by atoms with Crippen LogP contribution in [0.15, 0.2) is 22.8 Å². The molecule has 4 nitrogen and oxygen atoms in total. The van der Waals surface area contributed by atoms with Gasteiger partial charge in [-0.3, -0.25) is 4.79 Å². The molecule has 0 bridgehead atoms. The molecule has 92 valence electrons. The number of nitrogens with zero attached hydrogens (tertiary/aromatic N) is 2. The van der Waals surface area contributed by atoms with Gasteiger partial charge in [0, 0.05) is 35.8 Å². The maximum absolute atomic E-state index is 12.4. The van der Waals surface area contributed by atoms with Gasteiger partial charge in [0.15, 0.2) is 0 Å². The van der Waals surface area contributed by atoms with Gasteiger partial charge >= 0.3 is 0 Å². The number of pyridine rings is 1. The number of amides is 1. The average Bonchev–Trinajstić information content (AvgIpc) is 2.29. The van der Waals surface area contributed by atoms with Gasteiger partial charge in [0.1, 0.15) is 5.69 Å². The summed E-state index contributed by atoms with van der Waals surface area (Å²) in [6.07, 6.45) is 1.65. The van der Waals surface area contributed by atoms with Crippen molar-refractivity contribution in [3.05, 3.63) is 28.5 Å². The molecule has 0 radical (unpaired) electrons. The van der Waals surface area contributed by atoms with E-state index in [1.807, 2.05) is 17.0 Å². The summed E-state index contributed by atoms with van der Waals surface area (Å²) in [5.41, 5.74) is 0.494. The highest BCUT2D eigenvalue weighted by Gasteiger charge is 2.30. The fourth-order valence-electron chi connectivity index (χ4n) is 2.20. The molecule has 1 saturated heterocycles. The second kappa shape index (κ2) is 5.14. The van der Waals surface area contributed by atoms with E-state index in [0.717, 1.165) is 17.6 Å². The predicted octanol–water partition coefficient (Wildman–Crippen LogP) is 1.67. The molecule has 1 aromatic rings. The second-order valence-electron chi connectivity index (χ2n) is 4.40. The van der Waals surface area contributed by atoms with Gasteiger partial charge in [0.25, 0.3) is 5.91 Å². The molecule has 1 aromatic heterocycles. The summed E-state index contributed by atoms with van der Waals surface area (Å²) in [7, 11) is 0. The Hall–Kier alpha value is -0.940. The second-order valence-corrected chi connectivity index (χ2v) is 5.26. The van der Waals surface area contributed by atoms with Crippen LogP contribution in [0, 0.1) is 0 Å². The van der Waals surface area contributed by atoms with E-state index in [0.29, 0.717) is 5.69 Å². The summed E-state index contributed by atoms with van der Waals surface area (Å²) >= 11 is 3.38. The van der Waals surface area contributed by atoms with Crippen LogP contribution in [0.25, 0.3) is 0 Å². The molecule has 1 aliphatic heterocycles. The molecule has 0 aromatic carbocycles. The van der Waals surface area contributed by atoms with E-state index in [4.69, 9.17) is 0 Å². The van der Waals surface area contributed by atoms with Crippen molar-refractivity contribution in [2.24, 2.45) is 0 Å². The average molecular weight is 298 g/mol. The summed E-state index contributed by atoms with van der Waals surface area (Å²) < 4.78 is 0.753. The highest BCUT2D eigenvalue weighted by molar-refractivity contribution is 9.10. The topological polar surface area (TPSA) is 45.2 Å². The van der Waals surface area contributed by atoms with Crippen molar-refractivity contribution in [2.75, 3.05) is 13.1 Å². The first-order valence-corrected chi connectivity index (χ1v) is 6.54. The van der Waals surface area contributed by atoms with E-state index in [-0.39, 0.29) is 18.0 Å². The van der Waals surface area contributed by atoms with Gasteiger partial charge < -0.3 is 10.2 Å². The highest BCUT2D eigenvalue weighted by Crippen LogP contribution is 2.19. The summed E-state index contributed by atoms with van der Waals surface area (Å²) in [5, 5.41) is 3.31. The lowest BCUT2D eigenvalue weighted by Gasteiger charge is -2.39. The summed E-state index contributed by atoms with van der Waals surface area (Å²) in [6.45, 7) is 5.77. The zero-order valence-electron chi connectivity index (χ0n) is 9.98. The molecule has 2 heterocycles. The van der Waals surface area contributed by atoms with Crippen molar-refractivity contribution in [3.63, 3.8) is 0 Å². The number of hydrogen-bond acceptors (Lipinski definition) is 3. The van der Waals surface area contributed by atoms with Gasteiger partial charge in [-0.05, 0) is 41.9 Å². The van der Waals surface area contributed by atoms with Crippen LogP contribution in [-0.4, -0.2) is 41.0 Å². The zero-order chi connectivity index (χ0) is 12.4. The minimum Gasteiger partial charge on any atom is -0.329 e. The van der Waals surface area contributed by atoms with E-state index in [1.165, 1.54) is 0 Å². The normalized spacial score (nSPS) is 24.8. The number of nitrogens with one attached hydrogen (secondary N) is 1. The number of carbonyl (C=O) groups is 1. The van der Waals surface area contributed by atoms with Crippen LogP contribution in [-0.2, 0) is 0 Å². The zero-order valence-corrected chi connectivity index (χ0v) is 11.6. The minimum absolute atomic E-state index is 0.000949. The van der Waals surface area contributed by atoms with E-state index >= 15 is 0 Å². The number of piperazine rings is 1. The summed E-state index contributed by atoms with van der Waals surface area (Å²) in [5.74, 6) is -0.000949. The van der Waals surface area contributed by atoms with Gasteiger partial charge in [0.05, 0.1) is 0 Å². The molecule has 0 aliphatic carbocycles. The third-order valence-electron chi connectivity index (χ3n) is 3.02. The Labute approximate surface area is 110 Å². The smallest absolute Gasteiger partial charge is 0.274 e. The standard InChI is InChI=1S/C12H16BrN3O/c1-8-6-14-7-9(2)16(8)12(17)11-10(13)4-3-5-15-11/h3-5,8-9,14H,6-7H2,1-2H3. The molecule has 1 aliphatic rings. The molecule has 2 atom stereocenters. The largest absolute Gasteiger partial charge is 0.329 e. The van der Waals surface area contributed by atoms with Crippen LogP contribution in [0.4, 0.5) is 0 Å². The van der Waals surface area contributed by atoms with Gasteiger partial charge in [-0.2, -0.15) is 0 Å². The number of rotatable bonds is 1.